The number of nitrogen functional groups attached to an aromatic ring is 1. The molecule has 0 aromatic carbocycles. The summed E-state index contributed by atoms with van der Waals surface area (Å²) in [5.41, 5.74) is 5.10. The molecule has 0 unspecified atom stereocenters. The molecular weight excluding hydrogens is 250 g/mol. The van der Waals surface area contributed by atoms with Crippen molar-refractivity contribution in [2.24, 2.45) is 0 Å². The van der Waals surface area contributed by atoms with Gasteiger partial charge in [-0.15, -0.1) is 0 Å². The van der Waals surface area contributed by atoms with Gasteiger partial charge < -0.3 is 15.5 Å². The van der Waals surface area contributed by atoms with Gasteiger partial charge in [-0.1, -0.05) is 0 Å². The number of pyridine rings is 1. The second-order valence-electron chi connectivity index (χ2n) is 4.41. The van der Waals surface area contributed by atoms with Crippen molar-refractivity contribution in [3.8, 4) is 0 Å². The van der Waals surface area contributed by atoms with Gasteiger partial charge in [0.2, 0.25) is 0 Å². The Morgan fingerprint density at radius 1 is 1.42 bits per heavy atom. The van der Waals surface area contributed by atoms with Crippen molar-refractivity contribution in [3.63, 3.8) is 0 Å². The van der Waals surface area contributed by atoms with E-state index >= 15 is 0 Å². The number of aromatic nitrogens is 1. The zero-order valence-electron chi connectivity index (χ0n) is 11.2. The molecule has 0 aliphatic carbocycles. The molecule has 0 bridgehead atoms. The van der Waals surface area contributed by atoms with Crippen LogP contribution >= 0.6 is 0 Å². The molecule has 1 rings (SSSR count). The van der Waals surface area contributed by atoms with E-state index in [1.54, 1.807) is 7.05 Å². The number of nitrogens with two attached hydrogens (primary N) is 1. The zero-order valence-corrected chi connectivity index (χ0v) is 11.2. The Balaban J connectivity index is 2.98. The first-order chi connectivity index (χ1) is 8.82. The first kappa shape index (κ1) is 14.8. The van der Waals surface area contributed by atoms with E-state index in [0.29, 0.717) is 13.1 Å². The highest BCUT2D eigenvalue weighted by molar-refractivity contribution is 5.98. The molecule has 1 heterocycles. The molecule has 8 heteroatoms. The summed E-state index contributed by atoms with van der Waals surface area (Å²) in [7, 11) is 5.35. The van der Waals surface area contributed by atoms with Crippen molar-refractivity contribution in [1.29, 1.82) is 0 Å². The smallest absolute Gasteiger partial charge is 0.300 e. The minimum absolute atomic E-state index is 0.0428. The van der Waals surface area contributed by atoms with Gasteiger partial charge in [0, 0.05) is 20.1 Å². The Bertz CT molecular complexity index is 489. The lowest BCUT2D eigenvalue weighted by Gasteiger charge is -2.19. The van der Waals surface area contributed by atoms with Gasteiger partial charge >= 0.3 is 0 Å². The van der Waals surface area contributed by atoms with Crippen LogP contribution in [0.3, 0.4) is 0 Å². The number of anilines is 1. The second kappa shape index (κ2) is 6.10. The molecule has 104 valence electrons. The molecule has 1 aromatic rings. The summed E-state index contributed by atoms with van der Waals surface area (Å²) in [6.07, 6.45) is 1.00. The van der Waals surface area contributed by atoms with E-state index in [9.17, 15) is 14.9 Å². The average Bonchev–Trinajstić information content (AvgIpc) is 2.34. The summed E-state index contributed by atoms with van der Waals surface area (Å²) < 4.78 is 0. The number of hydrogen-bond donors (Lipinski definition) is 1. The van der Waals surface area contributed by atoms with E-state index in [1.807, 2.05) is 19.0 Å². The number of amides is 1. The molecule has 0 radical (unpaired) electrons. The summed E-state index contributed by atoms with van der Waals surface area (Å²) in [5.74, 6) is -0.363. The molecule has 1 amide bonds. The van der Waals surface area contributed by atoms with Gasteiger partial charge in [-0.05, 0) is 20.2 Å². The van der Waals surface area contributed by atoms with Gasteiger partial charge in [-0.25, -0.2) is 4.98 Å². The predicted octanol–water partition coefficient (Wildman–Crippen LogP) is 0.206. The van der Waals surface area contributed by atoms with Crippen LogP contribution in [0.25, 0.3) is 0 Å². The second-order valence-corrected chi connectivity index (χ2v) is 4.41. The Morgan fingerprint density at radius 3 is 2.58 bits per heavy atom. The molecule has 0 saturated heterocycles. The molecule has 0 aliphatic heterocycles. The number of likely N-dealkylation sites (N-methyl/N-ethyl adjacent to an activating group) is 2. The first-order valence-electron chi connectivity index (χ1n) is 5.63. The largest absolute Gasteiger partial charge is 0.384 e. The van der Waals surface area contributed by atoms with E-state index in [2.05, 4.69) is 4.98 Å². The van der Waals surface area contributed by atoms with Crippen LogP contribution in [0, 0.1) is 10.1 Å². The molecule has 0 spiro atoms. The summed E-state index contributed by atoms with van der Waals surface area (Å²) in [6, 6.07) is 1.23. The van der Waals surface area contributed by atoms with E-state index < -0.39 is 10.8 Å². The normalized spacial score (nSPS) is 10.5. The molecule has 8 nitrogen and oxygen atoms in total. The third-order valence-electron chi connectivity index (χ3n) is 2.56. The summed E-state index contributed by atoms with van der Waals surface area (Å²) >= 11 is 0. The highest BCUT2D eigenvalue weighted by Gasteiger charge is 2.23. The number of rotatable bonds is 5. The fourth-order valence-corrected chi connectivity index (χ4v) is 1.44. The van der Waals surface area contributed by atoms with Crippen molar-refractivity contribution < 1.29 is 9.72 Å². The summed E-state index contributed by atoms with van der Waals surface area (Å²) in [4.78, 5) is 29.4. The van der Waals surface area contributed by atoms with Crippen LogP contribution in [0.4, 0.5) is 11.5 Å². The van der Waals surface area contributed by atoms with Crippen molar-refractivity contribution in [2.45, 2.75) is 0 Å². The van der Waals surface area contributed by atoms with Gasteiger partial charge in [0.1, 0.15) is 17.6 Å². The van der Waals surface area contributed by atoms with Gasteiger partial charge in [-0.2, -0.15) is 0 Å². The fourth-order valence-electron chi connectivity index (χ4n) is 1.44. The van der Waals surface area contributed by atoms with Gasteiger partial charge in [0.25, 0.3) is 11.6 Å². The van der Waals surface area contributed by atoms with Gasteiger partial charge in [0.15, 0.2) is 0 Å². The predicted molar refractivity (Wildman–Crippen MR) is 70.8 cm³/mol. The van der Waals surface area contributed by atoms with Gasteiger partial charge in [0.05, 0.1) is 4.92 Å². The van der Waals surface area contributed by atoms with Crippen molar-refractivity contribution in [3.05, 3.63) is 27.9 Å². The number of nitrogens with zero attached hydrogens (tertiary/aromatic N) is 4. The van der Waals surface area contributed by atoms with Gasteiger partial charge in [-0.3, -0.25) is 14.9 Å². The minimum Gasteiger partial charge on any atom is -0.384 e. The Morgan fingerprint density at radius 2 is 2.05 bits per heavy atom. The van der Waals surface area contributed by atoms with Crippen molar-refractivity contribution in [1.82, 2.24) is 14.8 Å². The Kier molecular flexibility index (Phi) is 4.76. The maximum absolute atomic E-state index is 12.2. The SMILES string of the molecule is CN(C)CCN(C)C(=O)c1cc(N)ncc1[N+](=O)[O-]. The molecular formula is C11H17N5O3. The summed E-state index contributed by atoms with van der Waals surface area (Å²) in [6.45, 7) is 1.13. The van der Waals surface area contributed by atoms with Crippen molar-refractivity contribution in [2.75, 3.05) is 40.0 Å². The van der Waals surface area contributed by atoms with E-state index in [0.717, 1.165) is 6.20 Å². The monoisotopic (exact) mass is 267 g/mol. The van der Waals surface area contributed by atoms with Crippen LogP contribution in [-0.2, 0) is 0 Å². The molecule has 19 heavy (non-hydrogen) atoms. The molecule has 0 fully saturated rings. The van der Waals surface area contributed by atoms with E-state index in [-0.39, 0.29) is 17.1 Å². The maximum atomic E-state index is 12.2. The summed E-state index contributed by atoms with van der Waals surface area (Å²) in [5, 5.41) is 10.9. The third-order valence-corrected chi connectivity index (χ3v) is 2.56. The van der Waals surface area contributed by atoms with Crippen LogP contribution < -0.4 is 5.73 Å². The van der Waals surface area contributed by atoms with Crippen LogP contribution in [0.2, 0.25) is 0 Å². The van der Waals surface area contributed by atoms with Crippen molar-refractivity contribution >= 4 is 17.4 Å². The molecule has 2 N–H and O–H groups in total. The lowest BCUT2D eigenvalue weighted by molar-refractivity contribution is -0.385. The molecule has 1 aromatic heterocycles. The molecule has 0 saturated carbocycles. The third kappa shape index (κ3) is 3.88. The first-order valence-corrected chi connectivity index (χ1v) is 5.63. The molecule has 0 aliphatic rings. The maximum Gasteiger partial charge on any atom is 0.300 e. The number of carbonyl (C=O) groups is 1. The van der Waals surface area contributed by atoms with E-state index in [1.165, 1.54) is 11.0 Å². The number of carbonyl (C=O) groups excluding carboxylic acids is 1. The van der Waals surface area contributed by atoms with Crippen LogP contribution in [-0.4, -0.2) is 59.8 Å². The fraction of sp³-hybridized carbons (Fsp3) is 0.455. The Labute approximate surface area is 111 Å². The lowest BCUT2D eigenvalue weighted by Crippen LogP contribution is -2.33. The number of hydrogen-bond acceptors (Lipinski definition) is 6. The minimum atomic E-state index is -0.639. The highest BCUT2D eigenvalue weighted by atomic mass is 16.6. The highest BCUT2D eigenvalue weighted by Crippen LogP contribution is 2.20. The van der Waals surface area contributed by atoms with Crippen LogP contribution in [0.5, 0.6) is 0 Å². The Hall–Kier alpha value is -2.22. The van der Waals surface area contributed by atoms with Crippen LogP contribution in [0.15, 0.2) is 12.3 Å². The standard InChI is InChI=1S/C11H17N5O3/c1-14(2)4-5-15(3)11(17)8-6-10(12)13-7-9(8)16(18)19/h6-7H,4-5H2,1-3H3,(H2,12,13). The molecule has 0 atom stereocenters. The number of nitro groups is 1. The van der Waals surface area contributed by atoms with Crippen LogP contribution in [0.1, 0.15) is 10.4 Å². The average molecular weight is 267 g/mol. The topological polar surface area (TPSA) is 106 Å². The lowest BCUT2D eigenvalue weighted by atomic mass is 10.2. The van der Waals surface area contributed by atoms with E-state index in [4.69, 9.17) is 5.73 Å². The zero-order chi connectivity index (χ0) is 14.6. The quantitative estimate of drug-likeness (QED) is 0.603.